The Morgan fingerprint density at radius 2 is 2.00 bits per heavy atom. The van der Waals surface area contributed by atoms with Crippen molar-refractivity contribution in [2.75, 3.05) is 11.5 Å². The summed E-state index contributed by atoms with van der Waals surface area (Å²) in [6.07, 6.45) is -6.73. The third-order valence-corrected chi connectivity index (χ3v) is 3.24. The maximum Gasteiger partial charge on any atom is 0.414 e. The first-order valence-electron chi connectivity index (χ1n) is 5.30. The summed E-state index contributed by atoms with van der Waals surface area (Å²) in [5, 5.41) is 0. The largest absolute Gasteiger partial charge is 0.497 e. The van der Waals surface area contributed by atoms with Crippen LogP contribution in [0.5, 0.6) is 5.75 Å². The molecule has 2 unspecified atom stereocenters. The van der Waals surface area contributed by atoms with Crippen molar-refractivity contribution in [3.05, 3.63) is 29.8 Å². The van der Waals surface area contributed by atoms with E-state index in [2.05, 4.69) is 0 Å². The number of methoxy groups -OCH3 is 1. The van der Waals surface area contributed by atoms with Crippen LogP contribution in [-0.4, -0.2) is 23.8 Å². The summed E-state index contributed by atoms with van der Waals surface area (Å²) in [5.74, 6) is 0.602. The second kappa shape index (κ2) is 6.60. The molecule has 0 fully saturated rings. The van der Waals surface area contributed by atoms with Gasteiger partial charge in [-0.3, -0.25) is 0 Å². The van der Waals surface area contributed by atoms with Gasteiger partial charge in [-0.25, -0.2) is 0 Å². The molecule has 0 aromatic heterocycles. The van der Waals surface area contributed by atoms with Crippen LogP contribution >= 0.6 is 22.6 Å². The van der Waals surface area contributed by atoms with Crippen LogP contribution in [0.4, 0.5) is 13.2 Å². The molecule has 0 radical (unpaired) electrons. The Morgan fingerprint density at radius 1 is 1.33 bits per heavy atom. The van der Waals surface area contributed by atoms with Crippen molar-refractivity contribution in [3.63, 3.8) is 0 Å². The zero-order valence-electron chi connectivity index (χ0n) is 10.00. The Bertz CT molecular complexity index is 382. The highest BCUT2D eigenvalue weighted by molar-refractivity contribution is 14.1. The molecule has 0 N–H and O–H groups in total. The number of rotatable bonds is 5. The fourth-order valence-corrected chi connectivity index (χ4v) is 2.09. The quantitative estimate of drug-likeness (QED) is 0.570. The van der Waals surface area contributed by atoms with Crippen LogP contribution < -0.4 is 4.74 Å². The monoisotopic (exact) mass is 374 g/mol. The van der Waals surface area contributed by atoms with Gasteiger partial charge >= 0.3 is 6.18 Å². The number of hydrogen-bond donors (Lipinski definition) is 0. The highest BCUT2D eigenvalue weighted by Crippen LogP contribution is 2.30. The van der Waals surface area contributed by atoms with E-state index in [9.17, 15) is 13.2 Å². The van der Waals surface area contributed by atoms with Crippen LogP contribution in [0.15, 0.2) is 24.3 Å². The summed E-state index contributed by atoms with van der Waals surface area (Å²) < 4.78 is 47.9. The van der Waals surface area contributed by atoms with E-state index in [1.807, 2.05) is 22.6 Å². The summed E-state index contributed by atoms with van der Waals surface area (Å²) >= 11 is 2.01. The lowest BCUT2D eigenvalue weighted by Crippen LogP contribution is -2.30. The van der Waals surface area contributed by atoms with Gasteiger partial charge in [0.05, 0.1) is 13.2 Å². The lowest BCUT2D eigenvalue weighted by Gasteiger charge is -2.23. The second-order valence-electron chi connectivity index (χ2n) is 3.74. The molecule has 1 aromatic carbocycles. The van der Waals surface area contributed by atoms with Gasteiger partial charge in [0.2, 0.25) is 0 Å². The standard InChI is InChI=1S/C12H14F3IO2/c1-8(12(13,14)15)18-11(7-16)9-4-3-5-10(6-9)17-2/h3-6,8,11H,7H2,1-2H3. The van der Waals surface area contributed by atoms with Gasteiger partial charge in [-0.1, -0.05) is 34.7 Å². The van der Waals surface area contributed by atoms with E-state index in [4.69, 9.17) is 9.47 Å². The first kappa shape index (κ1) is 15.6. The smallest absolute Gasteiger partial charge is 0.414 e. The molecule has 0 aliphatic rings. The van der Waals surface area contributed by atoms with Crippen molar-refractivity contribution >= 4 is 22.6 Å². The van der Waals surface area contributed by atoms with Crippen molar-refractivity contribution in [3.8, 4) is 5.75 Å². The molecule has 0 saturated heterocycles. The molecule has 2 nitrogen and oxygen atoms in total. The molecular formula is C12H14F3IO2. The summed E-state index contributed by atoms with van der Waals surface area (Å²) in [6.45, 7) is 1.01. The van der Waals surface area contributed by atoms with Crippen LogP contribution in [0.25, 0.3) is 0 Å². The third-order valence-electron chi connectivity index (χ3n) is 2.44. The predicted molar refractivity (Wildman–Crippen MR) is 71.2 cm³/mol. The Kier molecular flexibility index (Phi) is 5.71. The minimum atomic E-state index is -4.34. The van der Waals surface area contributed by atoms with Crippen molar-refractivity contribution in [2.45, 2.75) is 25.3 Å². The Labute approximate surface area is 118 Å². The minimum Gasteiger partial charge on any atom is -0.497 e. The molecule has 0 aliphatic heterocycles. The molecule has 2 atom stereocenters. The Balaban J connectivity index is 2.82. The maximum absolute atomic E-state index is 12.5. The van der Waals surface area contributed by atoms with E-state index in [0.717, 1.165) is 6.92 Å². The first-order valence-corrected chi connectivity index (χ1v) is 6.83. The number of alkyl halides is 4. The Hall–Kier alpha value is -0.500. The van der Waals surface area contributed by atoms with E-state index in [1.54, 1.807) is 24.3 Å². The van der Waals surface area contributed by atoms with E-state index >= 15 is 0 Å². The molecule has 0 spiro atoms. The third kappa shape index (κ3) is 4.31. The Morgan fingerprint density at radius 3 is 2.50 bits per heavy atom. The van der Waals surface area contributed by atoms with E-state index in [1.165, 1.54) is 7.11 Å². The van der Waals surface area contributed by atoms with Gasteiger partial charge in [0.1, 0.15) is 5.75 Å². The lowest BCUT2D eigenvalue weighted by atomic mass is 10.1. The highest BCUT2D eigenvalue weighted by atomic mass is 127. The zero-order chi connectivity index (χ0) is 13.8. The van der Waals surface area contributed by atoms with E-state index in [0.29, 0.717) is 15.7 Å². The molecule has 0 aliphatic carbocycles. The molecule has 0 bridgehead atoms. The van der Waals surface area contributed by atoms with Gasteiger partial charge in [0.25, 0.3) is 0 Å². The van der Waals surface area contributed by atoms with Crippen LogP contribution in [0, 0.1) is 0 Å². The SMILES string of the molecule is COc1cccc(C(CI)OC(C)C(F)(F)F)c1. The molecule has 0 heterocycles. The van der Waals surface area contributed by atoms with E-state index in [-0.39, 0.29) is 0 Å². The van der Waals surface area contributed by atoms with Crippen molar-refractivity contribution in [1.29, 1.82) is 0 Å². The maximum atomic E-state index is 12.5. The normalized spacial score (nSPS) is 15.2. The molecule has 18 heavy (non-hydrogen) atoms. The molecule has 6 heteroatoms. The molecule has 102 valence electrons. The van der Waals surface area contributed by atoms with Crippen LogP contribution in [0.3, 0.4) is 0 Å². The summed E-state index contributed by atoms with van der Waals surface area (Å²) in [6, 6.07) is 6.89. The van der Waals surface area contributed by atoms with Gasteiger partial charge in [-0.05, 0) is 24.6 Å². The lowest BCUT2D eigenvalue weighted by molar-refractivity contribution is -0.225. The average Bonchev–Trinajstić information content (AvgIpc) is 2.34. The van der Waals surface area contributed by atoms with Crippen LogP contribution in [-0.2, 0) is 4.74 Å². The van der Waals surface area contributed by atoms with Gasteiger partial charge in [-0.2, -0.15) is 13.2 Å². The molecule has 1 rings (SSSR count). The minimum absolute atomic E-state index is 0.436. The van der Waals surface area contributed by atoms with Crippen LogP contribution in [0.2, 0.25) is 0 Å². The fourth-order valence-electron chi connectivity index (χ4n) is 1.37. The molecule has 0 saturated carbocycles. The van der Waals surface area contributed by atoms with Gasteiger partial charge in [0, 0.05) is 4.43 Å². The average molecular weight is 374 g/mol. The molecule has 0 amide bonds. The number of halogens is 4. The van der Waals surface area contributed by atoms with Gasteiger partial charge in [0.15, 0.2) is 6.10 Å². The topological polar surface area (TPSA) is 18.5 Å². The fraction of sp³-hybridized carbons (Fsp3) is 0.500. The van der Waals surface area contributed by atoms with E-state index < -0.39 is 18.4 Å². The molecule has 1 aromatic rings. The highest BCUT2D eigenvalue weighted by Gasteiger charge is 2.38. The summed E-state index contributed by atoms with van der Waals surface area (Å²) in [5.41, 5.74) is 0.680. The summed E-state index contributed by atoms with van der Waals surface area (Å²) in [7, 11) is 1.51. The summed E-state index contributed by atoms with van der Waals surface area (Å²) in [4.78, 5) is 0. The zero-order valence-corrected chi connectivity index (χ0v) is 12.2. The van der Waals surface area contributed by atoms with Crippen molar-refractivity contribution in [2.24, 2.45) is 0 Å². The van der Waals surface area contributed by atoms with Crippen molar-refractivity contribution < 1.29 is 22.6 Å². The second-order valence-corrected chi connectivity index (χ2v) is 4.62. The molecular weight excluding hydrogens is 360 g/mol. The number of ether oxygens (including phenoxy) is 2. The van der Waals surface area contributed by atoms with Gasteiger partial charge in [-0.15, -0.1) is 0 Å². The number of benzene rings is 1. The number of hydrogen-bond acceptors (Lipinski definition) is 2. The van der Waals surface area contributed by atoms with Crippen LogP contribution in [0.1, 0.15) is 18.6 Å². The first-order chi connectivity index (χ1) is 8.38. The van der Waals surface area contributed by atoms with Gasteiger partial charge < -0.3 is 9.47 Å². The predicted octanol–water partition coefficient (Wildman–Crippen LogP) is 4.14. The van der Waals surface area contributed by atoms with Crippen molar-refractivity contribution in [1.82, 2.24) is 0 Å².